The molecule has 2 heterocycles. The lowest BCUT2D eigenvalue weighted by Crippen LogP contribution is -2.43. The minimum atomic E-state index is 0. The summed E-state index contributed by atoms with van der Waals surface area (Å²) in [4.78, 5) is 9.35. The second-order valence-electron chi connectivity index (χ2n) is 7.18. The van der Waals surface area contributed by atoms with Crippen LogP contribution in [0.15, 0.2) is 29.3 Å². The summed E-state index contributed by atoms with van der Waals surface area (Å²) >= 11 is 0. The molecule has 3 N–H and O–H groups in total. The van der Waals surface area contributed by atoms with E-state index in [9.17, 15) is 0 Å². The van der Waals surface area contributed by atoms with E-state index in [0.717, 1.165) is 50.0 Å². The van der Waals surface area contributed by atoms with Gasteiger partial charge in [-0.3, -0.25) is 4.99 Å². The summed E-state index contributed by atoms with van der Waals surface area (Å²) in [5.41, 5.74) is 7.28. The maximum Gasteiger partial charge on any atom is 0.189 e. The number of para-hydroxylation sites is 1. The minimum Gasteiger partial charge on any atom is -0.493 e. The fourth-order valence-corrected chi connectivity index (χ4v) is 3.69. The Bertz CT molecular complexity index is 587. The van der Waals surface area contributed by atoms with Gasteiger partial charge in [-0.1, -0.05) is 18.2 Å². The van der Waals surface area contributed by atoms with E-state index in [2.05, 4.69) is 40.3 Å². The summed E-state index contributed by atoms with van der Waals surface area (Å²) in [6, 6.07) is 9.04. The standard InChI is InChI=1S/C19H31N5O.HI/c1-23(2)15-7-11-24(12-8-15)13-10-21-19(20)22-17-9-14-25-18-6-4-3-5-16(17)18;/h3-6,15,17H,7-14H2,1-2H3,(H3,20,21,22);1H. The van der Waals surface area contributed by atoms with Crippen molar-refractivity contribution in [1.29, 1.82) is 0 Å². The highest BCUT2D eigenvalue weighted by Gasteiger charge is 2.22. The summed E-state index contributed by atoms with van der Waals surface area (Å²) < 4.78 is 5.69. The molecule has 0 aliphatic carbocycles. The van der Waals surface area contributed by atoms with Crippen LogP contribution < -0.4 is 15.8 Å². The molecule has 0 bridgehead atoms. The van der Waals surface area contributed by atoms with Crippen molar-refractivity contribution in [1.82, 2.24) is 15.1 Å². The summed E-state index contributed by atoms with van der Waals surface area (Å²) in [5, 5.41) is 3.36. The van der Waals surface area contributed by atoms with Gasteiger partial charge in [-0.15, -0.1) is 24.0 Å². The minimum absolute atomic E-state index is 0. The predicted molar refractivity (Wildman–Crippen MR) is 117 cm³/mol. The Morgan fingerprint density at radius 2 is 2.00 bits per heavy atom. The molecule has 3 rings (SSSR count). The number of nitrogens with one attached hydrogen (secondary N) is 1. The third kappa shape index (κ3) is 5.72. The number of halogens is 1. The number of aliphatic imine (C=N–C) groups is 1. The molecule has 1 fully saturated rings. The van der Waals surface area contributed by atoms with Crippen LogP contribution in [0.4, 0.5) is 0 Å². The highest BCUT2D eigenvalue weighted by atomic mass is 127. The average molecular weight is 473 g/mol. The number of nitrogens with zero attached hydrogens (tertiary/aromatic N) is 3. The molecular weight excluding hydrogens is 441 g/mol. The number of nitrogens with two attached hydrogens (primary N) is 1. The highest BCUT2D eigenvalue weighted by Crippen LogP contribution is 2.31. The molecule has 1 aromatic rings. The van der Waals surface area contributed by atoms with Crippen molar-refractivity contribution in [2.24, 2.45) is 10.7 Å². The Kier molecular flexibility index (Phi) is 8.43. The molecule has 2 aliphatic heterocycles. The Morgan fingerprint density at radius 1 is 1.27 bits per heavy atom. The van der Waals surface area contributed by atoms with Gasteiger partial charge in [0.25, 0.3) is 0 Å². The number of fused-ring (bicyclic) bond motifs is 1. The molecule has 0 aromatic heterocycles. The number of benzene rings is 1. The van der Waals surface area contributed by atoms with Crippen LogP contribution in [0.2, 0.25) is 0 Å². The van der Waals surface area contributed by atoms with Gasteiger partial charge in [-0.25, -0.2) is 0 Å². The van der Waals surface area contributed by atoms with Crippen molar-refractivity contribution in [2.45, 2.75) is 31.3 Å². The van der Waals surface area contributed by atoms with Crippen LogP contribution >= 0.6 is 24.0 Å². The highest BCUT2D eigenvalue weighted by molar-refractivity contribution is 14.0. The first-order valence-electron chi connectivity index (χ1n) is 9.30. The molecule has 1 atom stereocenters. The lowest BCUT2D eigenvalue weighted by atomic mass is 10.0. The molecule has 0 saturated carbocycles. The number of piperidine rings is 1. The van der Waals surface area contributed by atoms with Gasteiger partial charge in [0.2, 0.25) is 0 Å². The monoisotopic (exact) mass is 473 g/mol. The van der Waals surface area contributed by atoms with Crippen LogP contribution in [0.3, 0.4) is 0 Å². The number of rotatable bonds is 5. The van der Waals surface area contributed by atoms with E-state index in [-0.39, 0.29) is 30.0 Å². The topological polar surface area (TPSA) is 66.1 Å². The van der Waals surface area contributed by atoms with Crippen molar-refractivity contribution >= 4 is 29.9 Å². The van der Waals surface area contributed by atoms with E-state index in [4.69, 9.17) is 10.5 Å². The average Bonchev–Trinajstić information content (AvgIpc) is 2.62. The van der Waals surface area contributed by atoms with Gasteiger partial charge < -0.3 is 25.6 Å². The Hall–Kier alpha value is -1.06. The van der Waals surface area contributed by atoms with Gasteiger partial charge in [0.1, 0.15) is 5.75 Å². The summed E-state index contributed by atoms with van der Waals surface area (Å²) in [6.45, 7) is 4.74. The molecular formula is C19H32IN5O. The molecule has 2 aliphatic rings. The second kappa shape index (κ2) is 10.3. The normalized spacial score (nSPS) is 21.7. The fourth-order valence-electron chi connectivity index (χ4n) is 3.69. The smallest absolute Gasteiger partial charge is 0.189 e. The van der Waals surface area contributed by atoms with Gasteiger partial charge in [-0.05, 0) is 46.1 Å². The fraction of sp³-hybridized carbons (Fsp3) is 0.632. The van der Waals surface area contributed by atoms with E-state index < -0.39 is 0 Å². The van der Waals surface area contributed by atoms with Crippen molar-refractivity contribution in [3.63, 3.8) is 0 Å². The number of hydrogen-bond acceptors (Lipinski definition) is 4. The van der Waals surface area contributed by atoms with Gasteiger partial charge in [0.05, 0.1) is 19.2 Å². The zero-order valence-electron chi connectivity index (χ0n) is 15.9. The van der Waals surface area contributed by atoms with Crippen molar-refractivity contribution in [3.05, 3.63) is 29.8 Å². The molecule has 0 amide bonds. The first-order chi connectivity index (χ1) is 12.1. The zero-order chi connectivity index (χ0) is 17.6. The molecule has 26 heavy (non-hydrogen) atoms. The predicted octanol–water partition coefficient (Wildman–Crippen LogP) is 2.06. The molecule has 1 saturated heterocycles. The first-order valence-corrected chi connectivity index (χ1v) is 9.30. The van der Waals surface area contributed by atoms with Gasteiger partial charge in [0, 0.05) is 24.6 Å². The SMILES string of the molecule is CN(C)C1CCN(CCN=C(N)NC2CCOc3ccccc32)CC1.I. The lowest BCUT2D eigenvalue weighted by Gasteiger charge is -2.34. The Morgan fingerprint density at radius 3 is 2.73 bits per heavy atom. The van der Waals surface area contributed by atoms with Crippen molar-refractivity contribution in [3.8, 4) is 5.75 Å². The van der Waals surface area contributed by atoms with Crippen LogP contribution in [-0.4, -0.2) is 68.7 Å². The molecule has 0 spiro atoms. The van der Waals surface area contributed by atoms with Crippen LogP contribution in [0.1, 0.15) is 30.9 Å². The Balaban J connectivity index is 0.00000243. The summed E-state index contributed by atoms with van der Waals surface area (Å²) in [6.07, 6.45) is 3.39. The number of likely N-dealkylation sites (tertiary alicyclic amines) is 1. The number of guanidine groups is 1. The van der Waals surface area contributed by atoms with Crippen LogP contribution in [0.5, 0.6) is 5.75 Å². The third-order valence-corrected chi connectivity index (χ3v) is 5.27. The maximum atomic E-state index is 6.11. The molecule has 0 radical (unpaired) electrons. The lowest BCUT2D eigenvalue weighted by molar-refractivity contribution is 0.148. The van der Waals surface area contributed by atoms with E-state index in [1.165, 1.54) is 12.8 Å². The summed E-state index contributed by atoms with van der Waals surface area (Å²) in [5.74, 6) is 1.48. The maximum absolute atomic E-state index is 6.11. The molecule has 7 heteroatoms. The largest absolute Gasteiger partial charge is 0.493 e. The second-order valence-corrected chi connectivity index (χ2v) is 7.18. The first kappa shape index (κ1) is 21.2. The number of ether oxygens (including phenoxy) is 1. The van der Waals surface area contributed by atoms with E-state index in [1.54, 1.807) is 0 Å². The van der Waals surface area contributed by atoms with Crippen LogP contribution in [0, 0.1) is 0 Å². The molecule has 1 unspecified atom stereocenters. The molecule has 146 valence electrons. The zero-order valence-corrected chi connectivity index (χ0v) is 18.2. The van der Waals surface area contributed by atoms with Crippen LogP contribution in [-0.2, 0) is 0 Å². The van der Waals surface area contributed by atoms with Gasteiger partial charge >= 0.3 is 0 Å². The third-order valence-electron chi connectivity index (χ3n) is 5.27. The van der Waals surface area contributed by atoms with Crippen molar-refractivity contribution < 1.29 is 4.74 Å². The Labute approximate surface area is 174 Å². The molecule has 1 aromatic carbocycles. The molecule has 6 nitrogen and oxygen atoms in total. The van der Waals surface area contributed by atoms with E-state index in [0.29, 0.717) is 12.6 Å². The number of hydrogen-bond donors (Lipinski definition) is 2. The quantitative estimate of drug-likeness (QED) is 0.390. The van der Waals surface area contributed by atoms with E-state index >= 15 is 0 Å². The van der Waals surface area contributed by atoms with Crippen molar-refractivity contribution in [2.75, 3.05) is 46.9 Å². The van der Waals surface area contributed by atoms with Crippen LogP contribution in [0.25, 0.3) is 0 Å². The van der Waals surface area contributed by atoms with Gasteiger partial charge in [0.15, 0.2) is 5.96 Å². The van der Waals surface area contributed by atoms with E-state index in [1.807, 2.05) is 18.2 Å². The van der Waals surface area contributed by atoms with Gasteiger partial charge in [-0.2, -0.15) is 0 Å². The summed E-state index contributed by atoms with van der Waals surface area (Å²) in [7, 11) is 4.34.